The van der Waals surface area contributed by atoms with Crippen molar-refractivity contribution in [3.8, 4) is 0 Å². The van der Waals surface area contributed by atoms with E-state index in [-0.39, 0.29) is 11.7 Å². The summed E-state index contributed by atoms with van der Waals surface area (Å²) in [5.41, 5.74) is 1.34. The molecule has 0 aliphatic heterocycles. The molecular weight excluding hydrogens is 282 g/mol. The lowest BCUT2D eigenvalue weighted by atomic mass is 9.85. The van der Waals surface area contributed by atoms with Crippen molar-refractivity contribution in [2.24, 2.45) is 5.92 Å². The van der Waals surface area contributed by atoms with Crippen LogP contribution in [0.15, 0.2) is 23.8 Å². The molecule has 0 saturated carbocycles. The van der Waals surface area contributed by atoms with E-state index in [0.717, 1.165) is 12.0 Å². The minimum absolute atomic E-state index is 0.0684. The highest BCUT2D eigenvalue weighted by Gasteiger charge is 2.25. The van der Waals surface area contributed by atoms with Crippen LogP contribution < -0.4 is 0 Å². The molecule has 1 nitrogen and oxygen atoms in total. The molecule has 0 spiro atoms. The lowest BCUT2D eigenvalue weighted by Gasteiger charge is -2.21. The van der Waals surface area contributed by atoms with Crippen LogP contribution in [0.4, 0.5) is 4.39 Å². The van der Waals surface area contributed by atoms with Gasteiger partial charge in [0.15, 0.2) is 9.96 Å². The molecule has 2 atom stereocenters. The quantitative estimate of drug-likeness (QED) is 0.434. The average molecular weight is 294 g/mol. The van der Waals surface area contributed by atoms with Gasteiger partial charge in [-0.3, -0.25) is 4.79 Å². The van der Waals surface area contributed by atoms with Gasteiger partial charge in [0.25, 0.3) is 0 Å². The van der Waals surface area contributed by atoms with Crippen LogP contribution in [-0.4, -0.2) is 9.96 Å². The van der Waals surface area contributed by atoms with Crippen molar-refractivity contribution in [2.45, 2.75) is 23.9 Å². The molecule has 0 bridgehead atoms. The van der Waals surface area contributed by atoms with Gasteiger partial charge in [0.1, 0.15) is 0 Å². The van der Waals surface area contributed by atoms with Crippen LogP contribution in [-0.2, 0) is 4.79 Å². The standard InChI is InChI=1S/C10H12FIO/c1-6(2)7-3-4-8(10(11)12)9(13)5-7/h4,7,10H,1,3,5H2,2H3. The molecule has 0 amide bonds. The summed E-state index contributed by atoms with van der Waals surface area (Å²) in [6, 6.07) is 0. The van der Waals surface area contributed by atoms with Gasteiger partial charge in [-0.05, 0) is 41.9 Å². The van der Waals surface area contributed by atoms with Crippen LogP contribution in [0.3, 0.4) is 0 Å². The Morgan fingerprint density at radius 3 is 2.85 bits per heavy atom. The SMILES string of the molecule is C=C(C)C1CC=C(C(F)I)C(=O)C1. The molecule has 0 aromatic rings. The van der Waals surface area contributed by atoms with Gasteiger partial charge in [0.2, 0.25) is 0 Å². The smallest absolute Gasteiger partial charge is 0.179 e. The molecule has 1 rings (SSSR count). The first kappa shape index (κ1) is 10.9. The van der Waals surface area contributed by atoms with E-state index < -0.39 is 4.18 Å². The number of rotatable bonds is 2. The monoisotopic (exact) mass is 294 g/mol. The first-order valence-electron chi connectivity index (χ1n) is 4.19. The summed E-state index contributed by atoms with van der Waals surface area (Å²) >= 11 is 1.62. The molecule has 0 N–H and O–H groups in total. The summed E-state index contributed by atoms with van der Waals surface area (Å²) in [4.78, 5) is 11.4. The number of carbonyl (C=O) groups excluding carboxylic acids is 1. The lowest BCUT2D eigenvalue weighted by molar-refractivity contribution is -0.116. The van der Waals surface area contributed by atoms with Gasteiger partial charge < -0.3 is 0 Å². The van der Waals surface area contributed by atoms with E-state index in [1.54, 1.807) is 28.7 Å². The molecule has 0 radical (unpaired) electrons. The van der Waals surface area contributed by atoms with Gasteiger partial charge in [-0.15, -0.1) is 0 Å². The van der Waals surface area contributed by atoms with Crippen molar-refractivity contribution in [3.63, 3.8) is 0 Å². The Kier molecular flexibility index (Phi) is 3.64. The van der Waals surface area contributed by atoms with Gasteiger partial charge >= 0.3 is 0 Å². The molecule has 1 aliphatic carbocycles. The highest BCUT2D eigenvalue weighted by molar-refractivity contribution is 14.1. The fourth-order valence-corrected chi connectivity index (χ4v) is 2.00. The molecule has 13 heavy (non-hydrogen) atoms. The lowest BCUT2D eigenvalue weighted by Crippen LogP contribution is -2.19. The molecule has 0 saturated heterocycles. The summed E-state index contributed by atoms with van der Waals surface area (Å²) in [6.07, 6.45) is 2.88. The predicted molar refractivity (Wildman–Crippen MR) is 59.5 cm³/mol. The fourth-order valence-electron chi connectivity index (χ4n) is 1.39. The predicted octanol–water partition coefficient (Wildman–Crippen LogP) is 3.20. The van der Waals surface area contributed by atoms with E-state index >= 15 is 0 Å². The number of alkyl halides is 2. The second-order valence-corrected chi connectivity index (χ2v) is 4.46. The largest absolute Gasteiger partial charge is 0.294 e. The van der Waals surface area contributed by atoms with Crippen LogP contribution >= 0.6 is 22.6 Å². The topological polar surface area (TPSA) is 17.1 Å². The Balaban J connectivity index is 2.75. The number of hydrogen-bond acceptors (Lipinski definition) is 1. The van der Waals surface area contributed by atoms with Crippen LogP contribution in [0, 0.1) is 5.92 Å². The minimum Gasteiger partial charge on any atom is -0.294 e. The summed E-state index contributed by atoms with van der Waals surface area (Å²) in [7, 11) is 0. The number of allylic oxidation sites excluding steroid dienone is 3. The van der Waals surface area contributed by atoms with E-state index in [9.17, 15) is 9.18 Å². The molecule has 3 heteroatoms. The molecule has 72 valence electrons. The van der Waals surface area contributed by atoms with E-state index in [1.165, 1.54) is 0 Å². The summed E-state index contributed by atoms with van der Waals surface area (Å²) in [5.74, 6) is 0.146. The Morgan fingerprint density at radius 2 is 2.46 bits per heavy atom. The minimum atomic E-state index is -1.16. The Morgan fingerprint density at radius 1 is 1.85 bits per heavy atom. The third-order valence-corrected chi connectivity index (χ3v) is 2.98. The highest BCUT2D eigenvalue weighted by Crippen LogP contribution is 2.29. The van der Waals surface area contributed by atoms with Crippen molar-refractivity contribution in [3.05, 3.63) is 23.8 Å². The third kappa shape index (κ3) is 2.62. The van der Waals surface area contributed by atoms with Gasteiger partial charge in [-0.25, -0.2) is 4.39 Å². The zero-order valence-corrected chi connectivity index (χ0v) is 9.68. The molecule has 1 aliphatic rings. The van der Waals surface area contributed by atoms with E-state index in [2.05, 4.69) is 6.58 Å². The third-order valence-electron chi connectivity index (χ3n) is 2.31. The molecule has 0 aromatic heterocycles. The molecular formula is C10H12FIO. The van der Waals surface area contributed by atoms with Gasteiger partial charge in [0, 0.05) is 12.0 Å². The van der Waals surface area contributed by atoms with Crippen LogP contribution in [0.2, 0.25) is 0 Å². The zero-order chi connectivity index (χ0) is 10.0. The van der Waals surface area contributed by atoms with E-state index in [0.29, 0.717) is 12.0 Å². The highest BCUT2D eigenvalue weighted by atomic mass is 127. The van der Waals surface area contributed by atoms with E-state index in [1.807, 2.05) is 6.92 Å². The summed E-state index contributed by atoms with van der Waals surface area (Å²) < 4.78 is 11.7. The van der Waals surface area contributed by atoms with Crippen molar-refractivity contribution in [2.75, 3.05) is 0 Å². The van der Waals surface area contributed by atoms with Crippen LogP contribution in [0.5, 0.6) is 0 Å². The van der Waals surface area contributed by atoms with Crippen LogP contribution in [0.1, 0.15) is 19.8 Å². The Labute approximate surface area is 91.2 Å². The zero-order valence-electron chi connectivity index (χ0n) is 7.52. The van der Waals surface area contributed by atoms with Gasteiger partial charge in [0.05, 0.1) is 0 Å². The van der Waals surface area contributed by atoms with Crippen molar-refractivity contribution in [1.82, 2.24) is 0 Å². The Bertz CT molecular complexity index is 268. The number of halogens is 2. The average Bonchev–Trinajstić information content (AvgIpc) is 2.03. The van der Waals surface area contributed by atoms with Crippen molar-refractivity contribution in [1.29, 1.82) is 0 Å². The van der Waals surface area contributed by atoms with Crippen LogP contribution in [0.25, 0.3) is 0 Å². The maximum absolute atomic E-state index is 12.8. The second-order valence-electron chi connectivity index (χ2n) is 3.37. The summed E-state index contributed by atoms with van der Waals surface area (Å²) in [5, 5.41) is 0. The van der Waals surface area contributed by atoms with Gasteiger partial charge in [-0.1, -0.05) is 18.2 Å². The fraction of sp³-hybridized carbons (Fsp3) is 0.500. The van der Waals surface area contributed by atoms with Crippen molar-refractivity contribution >= 4 is 28.4 Å². The second kappa shape index (κ2) is 4.35. The van der Waals surface area contributed by atoms with Crippen molar-refractivity contribution < 1.29 is 9.18 Å². The number of ketones is 1. The van der Waals surface area contributed by atoms with E-state index in [4.69, 9.17) is 0 Å². The number of carbonyl (C=O) groups is 1. The maximum Gasteiger partial charge on any atom is 0.179 e. The molecule has 0 heterocycles. The molecule has 0 aromatic carbocycles. The molecule has 2 unspecified atom stereocenters. The number of hydrogen-bond donors (Lipinski definition) is 0. The normalized spacial score (nSPS) is 25.3. The Hall–Kier alpha value is -0.190. The maximum atomic E-state index is 12.8. The number of Topliss-reactive ketones (excluding diaryl/α,β-unsaturated/α-hetero) is 1. The molecule has 0 fully saturated rings. The summed E-state index contributed by atoms with van der Waals surface area (Å²) in [6.45, 7) is 5.72. The van der Waals surface area contributed by atoms with Gasteiger partial charge in [-0.2, -0.15) is 0 Å². The first-order valence-corrected chi connectivity index (χ1v) is 5.43. The first-order chi connectivity index (χ1) is 6.02.